The molecule has 0 bridgehead atoms. The zero-order chi connectivity index (χ0) is 25.5. The number of rotatable bonds is 2. The molecule has 4 N–H and O–H groups in total. The molecule has 0 saturated carbocycles. The second kappa shape index (κ2) is 8.65. The summed E-state index contributed by atoms with van der Waals surface area (Å²) in [5.41, 5.74) is 2.63. The van der Waals surface area contributed by atoms with Crippen LogP contribution in [-0.4, -0.2) is 23.6 Å². The maximum absolute atomic E-state index is 13.0. The molecule has 2 aliphatic heterocycles. The van der Waals surface area contributed by atoms with E-state index in [9.17, 15) is 19.2 Å². The quantitative estimate of drug-likeness (QED) is 0.311. The summed E-state index contributed by atoms with van der Waals surface area (Å²) in [5, 5.41) is 11.1. The second-order valence-corrected chi connectivity index (χ2v) is 8.42. The van der Waals surface area contributed by atoms with Crippen LogP contribution in [0.5, 0.6) is 11.5 Å². The fourth-order valence-electron chi connectivity index (χ4n) is 4.25. The monoisotopic (exact) mass is 490 g/mol. The highest BCUT2D eigenvalue weighted by Crippen LogP contribution is 2.33. The van der Waals surface area contributed by atoms with E-state index in [0.29, 0.717) is 39.7 Å². The van der Waals surface area contributed by atoms with E-state index in [2.05, 4.69) is 21.3 Å². The minimum Gasteiger partial charge on any atom is -0.457 e. The number of ether oxygens (including phenoxy) is 1. The summed E-state index contributed by atoms with van der Waals surface area (Å²) in [6.07, 6.45) is 0. The minimum atomic E-state index is -0.409. The third-order valence-electron chi connectivity index (χ3n) is 6.04. The number of fused-ring (bicyclic) bond motifs is 4. The molecule has 0 unspecified atom stereocenters. The van der Waals surface area contributed by atoms with E-state index >= 15 is 0 Å². The first-order valence-corrected chi connectivity index (χ1v) is 11.4. The molecule has 0 atom stereocenters. The van der Waals surface area contributed by atoms with Crippen LogP contribution >= 0.6 is 0 Å². The fraction of sp³-hybridized carbons (Fsp3) is 0. The number of anilines is 4. The molecule has 0 fully saturated rings. The van der Waals surface area contributed by atoms with Crippen molar-refractivity contribution in [2.45, 2.75) is 0 Å². The smallest absolute Gasteiger partial charge is 0.257 e. The Labute approximate surface area is 210 Å². The summed E-state index contributed by atoms with van der Waals surface area (Å²) in [6, 6.07) is 22.8. The van der Waals surface area contributed by atoms with E-state index in [1.807, 2.05) is 0 Å². The van der Waals surface area contributed by atoms with E-state index in [-0.39, 0.29) is 34.5 Å². The van der Waals surface area contributed by atoms with Gasteiger partial charge in [0.2, 0.25) is 0 Å². The molecule has 9 nitrogen and oxygen atoms in total. The van der Waals surface area contributed by atoms with Gasteiger partial charge < -0.3 is 26.0 Å². The maximum atomic E-state index is 13.0. The van der Waals surface area contributed by atoms with Crippen LogP contribution in [0.1, 0.15) is 41.4 Å². The first kappa shape index (κ1) is 22.1. The Morgan fingerprint density at radius 2 is 0.838 bits per heavy atom. The fourth-order valence-corrected chi connectivity index (χ4v) is 4.25. The Bertz CT molecular complexity index is 1650. The van der Waals surface area contributed by atoms with Crippen molar-refractivity contribution in [2.24, 2.45) is 0 Å². The minimum absolute atomic E-state index is 0.218. The second-order valence-electron chi connectivity index (χ2n) is 8.42. The van der Waals surface area contributed by atoms with Gasteiger partial charge in [0.05, 0.1) is 45.0 Å². The van der Waals surface area contributed by atoms with Gasteiger partial charge in [-0.1, -0.05) is 24.3 Å². The first-order chi connectivity index (χ1) is 18.0. The van der Waals surface area contributed by atoms with Gasteiger partial charge in [-0.2, -0.15) is 0 Å². The molecule has 2 aliphatic rings. The highest BCUT2D eigenvalue weighted by molar-refractivity contribution is 6.19. The molecule has 0 spiro atoms. The van der Waals surface area contributed by atoms with Crippen LogP contribution in [0.15, 0.2) is 84.9 Å². The van der Waals surface area contributed by atoms with Crippen LogP contribution < -0.4 is 26.0 Å². The largest absolute Gasteiger partial charge is 0.457 e. The summed E-state index contributed by atoms with van der Waals surface area (Å²) in [6.45, 7) is 0. The molecule has 0 saturated heterocycles. The lowest BCUT2D eigenvalue weighted by atomic mass is 10.1. The first-order valence-electron chi connectivity index (χ1n) is 11.4. The van der Waals surface area contributed by atoms with Crippen molar-refractivity contribution >= 4 is 46.4 Å². The summed E-state index contributed by atoms with van der Waals surface area (Å²) in [7, 11) is 0. The van der Waals surface area contributed by atoms with Gasteiger partial charge in [-0.3, -0.25) is 19.2 Å². The topological polar surface area (TPSA) is 126 Å². The normalized spacial score (nSPS) is 13.9. The van der Waals surface area contributed by atoms with Crippen LogP contribution in [0, 0.1) is 0 Å². The summed E-state index contributed by atoms with van der Waals surface area (Å²) in [5.74, 6) is -0.841. The highest BCUT2D eigenvalue weighted by Gasteiger charge is 2.24. The number of carbonyl (C=O) groups excluding carboxylic acids is 4. The molecular weight excluding hydrogens is 472 g/mol. The lowest BCUT2D eigenvalue weighted by Gasteiger charge is -2.20. The zero-order valence-corrected chi connectivity index (χ0v) is 19.1. The SMILES string of the molecule is O=C1Nc2cc(Oc3ccc4c(c3)C(=O)Nc3ccccc3C(=O)N4)ccc2C(=O)Nc2ccccc21. The molecule has 9 heteroatoms. The molecule has 4 amide bonds. The van der Waals surface area contributed by atoms with E-state index in [4.69, 9.17) is 4.74 Å². The predicted octanol–water partition coefficient (Wildman–Crippen LogP) is 5.11. The molecule has 37 heavy (non-hydrogen) atoms. The van der Waals surface area contributed by atoms with Crippen molar-refractivity contribution < 1.29 is 23.9 Å². The zero-order valence-electron chi connectivity index (χ0n) is 19.1. The summed E-state index contributed by atoms with van der Waals surface area (Å²) < 4.78 is 5.96. The Kier molecular flexibility index (Phi) is 5.16. The highest BCUT2D eigenvalue weighted by atomic mass is 16.5. The van der Waals surface area contributed by atoms with Crippen LogP contribution in [0.2, 0.25) is 0 Å². The van der Waals surface area contributed by atoms with E-state index in [0.717, 1.165) is 0 Å². The Morgan fingerprint density at radius 1 is 0.405 bits per heavy atom. The van der Waals surface area contributed by atoms with Gasteiger partial charge in [-0.25, -0.2) is 0 Å². The Morgan fingerprint density at radius 3 is 1.46 bits per heavy atom. The number of benzene rings is 4. The van der Waals surface area contributed by atoms with Gasteiger partial charge in [0.15, 0.2) is 0 Å². The van der Waals surface area contributed by atoms with Crippen molar-refractivity contribution in [1.29, 1.82) is 0 Å². The molecule has 4 aromatic carbocycles. The van der Waals surface area contributed by atoms with Crippen LogP contribution in [0.25, 0.3) is 0 Å². The van der Waals surface area contributed by atoms with Crippen molar-refractivity contribution in [1.82, 2.24) is 0 Å². The predicted molar refractivity (Wildman–Crippen MR) is 138 cm³/mol. The molecule has 180 valence electrons. The molecular formula is C28H18N4O5. The van der Waals surface area contributed by atoms with Crippen LogP contribution in [-0.2, 0) is 0 Å². The molecule has 0 radical (unpaired) electrons. The van der Waals surface area contributed by atoms with Crippen LogP contribution in [0.3, 0.4) is 0 Å². The average Bonchev–Trinajstić information content (AvgIpc) is 2.89. The number of nitrogens with one attached hydrogen (secondary N) is 4. The van der Waals surface area contributed by atoms with E-state index in [1.54, 1.807) is 72.8 Å². The number of carbonyl (C=O) groups is 4. The lowest BCUT2D eigenvalue weighted by Crippen LogP contribution is -2.24. The molecule has 6 rings (SSSR count). The van der Waals surface area contributed by atoms with Crippen molar-refractivity contribution in [2.75, 3.05) is 21.3 Å². The summed E-state index contributed by atoms with van der Waals surface area (Å²) in [4.78, 5) is 51.2. The van der Waals surface area contributed by atoms with Crippen molar-refractivity contribution in [3.8, 4) is 11.5 Å². The average molecular weight is 490 g/mol. The van der Waals surface area contributed by atoms with Gasteiger partial charge in [0, 0.05) is 6.07 Å². The van der Waals surface area contributed by atoms with Crippen molar-refractivity contribution in [3.05, 3.63) is 107 Å². The van der Waals surface area contributed by atoms with E-state index < -0.39 is 5.91 Å². The molecule has 0 aliphatic carbocycles. The number of para-hydroxylation sites is 2. The Balaban J connectivity index is 1.30. The van der Waals surface area contributed by atoms with Crippen molar-refractivity contribution in [3.63, 3.8) is 0 Å². The lowest BCUT2D eigenvalue weighted by molar-refractivity contribution is 0.0999. The molecule has 0 aromatic heterocycles. The third kappa shape index (κ3) is 4.04. The summed E-state index contributed by atoms with van der Waals surface area (Å²) >= 11 is 0. The van der Waals surface area contributed by atoms with Gasteiger partial charge in [-0.05, 0) is 54.6 Å². The number of hydrogen-bond donors (Lipinski definition) is 4. The van der Waals surface area contributed by atoms with Crippen LogP contribution in [0.4, 0.5) is 22.7 Å². The van der Waals surface area contributed by atoms with Gasteiger partial charge in [0.1, 0.15) is 11.5 Å². The third-order valence-corrected chi connectivity index (χ3v) is 6.04. The van der Waals surface area contributed by atoms with Gasteiger partial charge in [-0.15, -0.1) is 0 Å². The number of hydrogen-bond acceptors (Lipinski definition) is 5. The van der Waals surface area contributed by atoms with Gasteiger partial charge in [0.25, 0.3) is 23.6 Å². The molecule has 2 heterocycles. The van der Waals surface area contributed by atoms with E-state index in [1.165, 1.54) is 12.1 Å². The maximum Gasteiger partial charge on any atom is 0.257 e. The Hall–Kier alpha value is -5.44. The standard InChI is InChI=1S/C28H18N4O5/c33-25-17-5-1-4-8-22(17)30-28(36)20-13-15(10-12-23(20)31-25)37-16-9-11-19-24(14-16)32-26(34)18-6-2-3-7-21(18)29-27(19)35/h1-14H,(H,29,35)(H,30,36)(H,31,33)(H,32,34). The van der Waals surface area contributed by atoms with Gasteiger partial charge >= 0.3 is 0 Å². The number of amides is 4. The molecule has 4 aromatic rings.